The summed E-state index contributed by atoms with van der Waals surface area (Å²) < 4.78 is 12.4. The van der Waals surface area contributed by atoms with Crippen molar-refractivity contribution in [3.63, 3.8) is 0 Å². The van der Waals surface area contributed by atoms with Crippen molar-refractivity contribution in [3.8, 4) is 11.5 Å². The van der Waals surface area contributed by atoms with E-state index in [2.05, 4.69) is 15.9 Å². The SMILES string of the molecule is O=C1/C(=C/c2ccccc2Br)Oc2cc(OCc3ccc([N+](=O)[O-])cc3)ccc21. The number of nitrogens with zero attached hydrogens (tertiary/aromatic N) is 1. The summed E-state index contributed by atoms with van der Waals surface area (Å²) in [5.74, 6) is 1.05. The van der Waals surface area contributed by atoms with Gasteiger partial charge in [0.1, 0.15) is 18.1 Å². The van der Waals surface area contributed by atoms with Crippen LogP contribution < -0.4 is 9.47 Å². The van der Waals surface area contributed by atoms with Crippen LogP contribution in [0.3, 0.4) is 0 Å². The van der Waals surface area contributed by atoms with Crippen LogP contribution in [0.1, 0.15) is 21.5 Å². The van der Waals surface area contributed by atoms with Crippen molar-refractivity contribution < 1.29 is 19.2 Å². The number of rotatable bonds is 5. The highest BCUT2D eigenvalue weighted by atomic mass is 79.9. The molecular formula is C22H14BrNO5. The van der Waals surface area contributed by atoms with Gasteiger partial charge in [0.25, 0.3) is 5.69 Å². The molecule has 6 nitrogen and oxygen atoms in total. The van der Waals surface area contributed by atoms with E-state index in [1.807, 2.05) is 24.3 Å². The molecule has 4 rings (SSSR count). The van der Waals surface area contributed by atoms with Gasteiger partial charge in [0.2, 0.25) is 5.78 Å². The number of hydrogen-bond donors (Lipinski definition) is 0. The maximum Gasteiger partial charge on any atom is 0.269 e. The van der Waals surface area contributed by atoms with E-state index in [1.165, 1.54) is 12.1 Å². The first-order valence-electron chi connectivity index (χ1n) is 8.70. The summed E-state index contributed by atoms with van der Waals surface area (Å²) in [6, 6.07) is 18.7. The van der Waals surface area contributed by atoms with Gasteiger partial charge in [-0.25, -0.2) is 0 Å². The number of Topliss-reactive ketones (excluding diaryl/α,β-unsaturated/α-hetero) is 1. The molecule has 0 N–H and O–H groups in total. The van der Waals surface area contributed by atoms with Crippen LogP contribution in [-0.2, 0) is 6.61 Å². The Morgan fingerprint density at radius 1 is 1.07 bits per heavy atom. The standard InChI is InChI=1S/C22H14BrNO5/c23-19-4-2-1-3-15(19)11-21-22(25)18-10-9-17(12-20(18)29-21)28-13-14-5-7-16(8-6-14)24(26)27/h1-12H,13H2/b21-11-. The zero-order valence-corrected chi connectivity index (χ0v) is 16.6. The number of fused-ring (bicyclic) bond motifs is 1. The summed E-state index contributed by atoms with van der Waals surface area (Å²) >= 11 is 3.46. The Morgan fingerprint density at radius 3 is 2.55 bits per heavy atom. The van der Waals surface area contributed by atoms with Gasteiger partial charge in [-0.2, -0.15) is 0 Å². The molecule has 7 heteroatoms. The number of ketones is 1. The summed E-state index contributed by atoms with van der Waals surface area (Å²) in [5.41, 5.74) is 2.15. The van der Waals surface area contributed by atoms with Gasteiger partial charge in [0, 0.05) is 22.7 Å². The quantitative estimate of drug-likeness (QED) is 0.288. The van der Waals surface area contributed by atoms with Gasteiger partial charge >= 0.3 is 0 Å². The van der Waals surface area contributed by atoms with Crippen LogP contribution in [0.15, 0.2) is 77.0 Å². The van der Waals surface area contributed by atoms with Crippen LogP contribution in [0.2, 0.25) is 0 Å². The molecule has 3 aromatic rings. The molecular weight excluding hydrogens is 438 g/mol. The molecule has 3 aromatic carbocycles. The van der Waals surface area contributed by atoms with Crippen LogP contribution in [0.4, 0.5) is 5.69 Å². The lowest BCUT2D eigenvalue weighted by atomic mass is 10.1. The molecule has 1 aliphatic heterocycles. The minimum atomic E-state index is -0.446. The van der Waals surface area contributed by atoms with Gasteiger partial charge in [0.15, 0.2) is 5.76 Å². The fraction of sp³-hybridized carbons (Fsp3) is 0.0455. The summed E-state index contributed by atoms with van der Waals surface area (Å²) in [5, 5.41) is 10.7. The van der Waals surface area contributed by atoms with Crippen LogP contribution in [-0.4, -0.2) is 10.7 Å². The molecule has 0 aliphatic carbocycles. The molecule has 0 radical (unpaired) electrons. The molecule has 0 saturated carbocycles. The van der Waals surface area contributed by atoms with Crippen LogP contribution in [0.5, 0.6) is 11.5 Å². The monoisotopic (exact) mass is 451 g/mol. The van der Waals surface area contributed by atoms with Crippen molar-refractivity contribution in [3.05, 3.63) is 104 Å². The van der Waals surface area contributed by atoms with E-state index in [0.717, 1.165) is 15.6 Å². The van der Waals surface area contributed by atoms with E-state index in [1.54, 1.807) is 36.4 Å². The number of benzene rings is 3. The number of nitro groups is 1. The smallest absolute Gasteiger partial charge is 0.269 e. The average Bonchev–Trinajstić information content (AvgIpc) is 3.03. The van der Waals surface area contributed by atoms with Gasteiger partial charge in [0.05, 0.1) is 10.5 Å². The zero-order valence-electron chi connectivity index (χ0n) is 15.0. The molecule has 0 bridgehead atoms. The van der Waals surface area contributed by atoms with Gasteiger partial charge in [-0.3, -0.25) is 14.9 Å². The first kappa shape index (κ1) is 18.9. The van der Waals surface area contributed by atoms with Crippen LogP contribution in [0.25, 0.3) is 6.08 Å². The molecule has 1 aliphatic rings. The number of non-ortho nitro benzene ring substituents is 1. The van der Waals surface area contributed by atoms with Crippen LogP contribution >= 0.6 is 15.9 Å². The second-order valence-electron chi connectivity index (χ2n) is 6.33. The number of hydrogen-bond acceptors (Lipinski definition) is 5. The molecule has 0 saturated heterocycles. The van der Waals surface area contributed by atoms with Crippen molar-refractivity contribution in [2.24, 2.45) is 0 Å². The normalized spacial score (nSPS) is 13.8. The second kappa shape index (κ2) is 7.89. The number of carbonyl (C=O) groups excluding carboxylic acids is 1. The van der Waals surface area contributed by atoms with E-state index in [0.29, 0.717) is 17.1 Å². The van der Waals surface area contributed by atoms with Gasteiger partial charge in [-0.15, -0.1) is 0 Å². The first-order valence-corrected chi connectivity index (χ1v) is 9.49. The van der Waals surface area contributed by atoms with Crippen molar-refractivity contribution in [1.29, 1.82) is 0 Å². The number of carbonyl (C=O) groups is 1. The van der Waals surface area contributed by atoms with Crippen molar-refractivity contribution in [2.45, 2.75) is 6.61 Å². The predicted octanol–water partition coefficient (Wildman–Crippen LogP) is 5.55. The predicted molar refractivity (Wildman–Crippen MR) is 111 cm³/mol. The molecule has 0 unspecified atom stereocenters. The Kier molecular flexibility index (Phi) is 5.14. The topological polar surface area (TPSA) is 78.7 Å². The largest absolute Gasteiger partial charge is 0.489 e. The Hall–Kier alpha value is -3.45. The summed E-state index contributed by atoms with van der Waals surface area (Å²) in [4.78, 5) is 22.9. The lowest BCUT2D eigenvalue weighted by molar-refractivity contribution is -0.384. The molecule has 1 heterocycles. The molecule has 0 amide bonds. The van der Waals surface area contributed by atoms with Gasteiger partial charge in [-0.05, 0) is 47.5 Å². The third-order valence-corrected chi connectivity index (χ3v) is 5.11. The number of ether oxygens (including phenoxy) is 2. The maximum absolute atomic E-state index is 12.6. The Labute approximate surface area is 174 Å². The maximum atomic E-state index is 12.6. The Morgan fingerprint density at radius 2 is 1.83 bits per heavy atom. The minimum absolute atomic E-state index is 0.0302. The van der Waals surface area contributed by atoms with E-state index in [4.69, 9.17) is 9.47 Å². The van der Waals surface area contributed by atoms with E-state index in [-0.39, 0.29) is 23.8 Å². The molecule has 0 fully saturated rings. The third kappa shape index (κ3) is 4.05. The van der Waals surface area contributed by atoms with Crippen molar-refractivity contribution in [2.75, 3.05) is 0 Å². The second-order valence-corrected chi connectivity index (χ2v) is 7.19. The van der Waals surface area contributed by atoms with E-state index >= 15 is 0 Å². The average molecular weight is 452 g/mol. The number of allylic oxidation sites excluding steroid dienone is 1. The summed E-state index contributed by atoms with van der Waals surface area (Å²) in [6.45, 7) is 0.240. The Bertz CT molecular complexity index is 1140. The fourth-order valence-corrected chi connectivity index (χ4v) is 3.27. The molecule has 144 valence electrons. The summed E-state index contributed by atoms with van der Waals surface area (Å²) in [7, 11) is 0. The number of nitro benzene ring substituents is 1. The number of halogens is 1. The van der Waals surface area contributed by atoms with E-state index in [9.17, 15) is 14.9 Å². The summed E-state index contributed by atoms with van der Waals surface area (Å²) in [6.07, 6.45) is 1.70. The fourth-order valence-electron chi connectivity index (χ4n) is 2.87. The lowest BCUT2D eigenvalue weighted by Crippen LogP contribution is -1.98. The van der Waals surface area contributed by atoms with E-state index < -0.39 is 4.92 Å². The highest BCUT2D eigenvalue weighted by molar-refractivity contribution is 9.10. The molecule has 0 atom stereocenters. The molecule has 0 aromatic heterocycles. The zero-order chi connectivity index (χ0) is 20.4. The first-order chi connectivity index (χ1) is 14.0. The minimum Gasteiger partial charge on any atom is -0.489 e. The highest BCUT2D eigenvalue weighted by Crippen LogP contribution is 2.35. The van der Waals surface area contributed by atoms with Crippen LogP contribution in [0, 0.1) is 10.1 Å². The third-order valence-electron chi connectivity index (χ3n) is 4.39. The van der Waals surface area contributed by atoms with Crippen molar-refractivity contribution >= 4 is 33.5 Å². The Balaban J connectivity index is 1.49. The highest BCUT2D eigenvalue weighted by Gasteiger charge is 2.28. The lowest BCUT2D eigenvalue weighted by Gasteiger charge is -2.07. The molecule has 0 spiro atoms. The molecule has 29 heavy (non-hydrogen) atoms. The van der Waals surface area contributed by atoms with Gasteiger partial charge in [-0.1, -0.05) is 34.1 Å². The van der Waals surface area contributed by atoms with Gasteiger partial charge < -0.3 is 9.47 Å². The van der Waals surface area contributed by atoms with Crippen molar-refractivity contribution in [1.82, 2.24) is 0 Å².